The van der Waals surface area contributed by atoms with E-state index in [1.807, 2.05) is 0 Å². The molecule has 148 valence electrons. The van der Waals surface area contributed by atoms with Crippen LogP contribution >= 0.6 is 0 Å². The Kier molecular flexibility index (Phi) is 13.5. The molecule has 0 aromatic rings. The third kappa shape index (κ3) is 10.1. The standard InChI is InChI=1S/C6H16O6Si.C5H14O5Si/c1-8-6(7,9-2)12-13(5,10-3)11-4;1-7-5(6)10-11(4,8-2)9-3/h7H,1-5H3;5-6H,1-4H3. The normalized spacial score (nSPS) is 14.1. The first-order valence-corrected chi connectivity index (χ1v) is 11.1. The van der Waals surface area contributed by atoms with Gasteiger partial charge >= 0.3 is 23.8 Å². The summed E-state index contributed by atoms with van der Waals surface area (Å²) in [6.07, 6.45) is -2.12. The van der Waals surface area contributed by atoms with Gasteiger partial charge in [0.05, 0.1) is 0 Å². The summed E-state index contributed by atoms with van der Waals surface area (Å²) in [7, 11) is 4.02. The fourth-order valence-corrected chi connectivity index (χ4v) is 2.77. The van der Waals surface area contributed by atoms with Crippen LogP contribution in [0.15, 0.2) is 0 Å². The van der Waals surface area contributed by atoms with E-state index >= 15 is 0 Å². The molecular weight excluding hydrogens is 364 g/mol. The SMILES string of the molecule is COC(O)(OC)O[Si](C)(OC)OC.COC(O)O[Si](C)(OC)OC. The van der Waals surface area contributed by atoms with Gasteiger partial charge < -0.3 is 46.6 Å². The highest BCUT2D eigenvalue weighted by atomic mass is 28.4. The van der Waals surface area contributed by atoms with E-state index in [0.717, 1.165) is 0 Å². The molecule has 1 unspecified atom stereocenters. The van der Waals surface area contributed by atoms with Gasteiger partial charge in [0.2, 0.25) is 0 Å². The number of aliphatic hydroxyl groups is 2. The van der Waals surface area contributed by atoms with Crippen molar-refractivity contribution in [1.29, 1.82) is 0 Å². The zero-order valence-electron chi connectivity index (χ0n) is 15.6. The number of ether oxygens (including phenoxy) is 3. The first-order chi connectivity index (χ1) is 11.0. The zero-order chi connectivity index (χ0) is 19.4. The summed E-state index contributed by atoms with van der Waals surface area (Å²) >= 11 is 0. The van der Waals surface area contributed by atoms with Crippen molar-refractivity contribution in [2.24, 2.45) is 0 Å². The summed E-state index contributed by atoms with van der Waals surface area (Å²) in [5.74, 6) is 0. The average molecular weight is 395 g/mol. The summed E-state index contributed by atoms with van der Waals surface area (Å²) in [6, 6.07) is 0. The summed E-state index contributed by atoms with van der Waals surface area (Å²) in [5.41, 5.74) is 0. The zero-order valence-corrected chi connectivity index (χ0v) is 17.6. The minimum Gasteiger partial charge on any atom is -0.377 e. The maximum Gasteiger partial charge on any atom is 0.502 e. The molecule has 0 aliphatic heterocycles. The summed E-state index contributed by atoms with van der Waals surface area (Å²) < 4.78 is 43.3. The molecule has 0 heterocycles. The van der Waals surface area contributed by atoms with Gasteiger partial charge in [-0.2, -0.15) is 0 Å². The highest BCUT2D eigenvalue weighted by Crippen LogP contribution is 2.17. The third-order valence-electron chi connectivity index (χ3n) is 2.83. The number of rotatable bonds is 11. The maximum atomic E-state index is 9.43. The first-order valence-electron chi connectivity index (χ1n) is 6.65. The largest absolute Gasteiger partial charge is 0.502 e. The molecule has 0 fully saturated rings. The molecule has 24 heavy (non-hydrogen) atoms. The summed E-state index contributed by atoms with van der Waals surface area (Å²) in [5, 5.41) is 18.3. The maximum absolute atomic E-state index is 9.43. The Bertz CT molecular complexity index is 292. The van der Waals surface area contributed by atoms with E-state index in [-0.39, 0.29) is 0 Å². The average Bonchev–Trinajstić information content (AvgIpc) is 2.61. The molecule has 0 spiro atoms. The van der Waals surface area contributed by atoms with Crippen LogP contribution in [0.25, 0.3) is 0 Å². The Balaban J connectivity index is 0. The lowest BCUT2D eigenvalue weighted by molar-refractivity contribution is -0.451. The number of aliphatic hydroxyl groups excluding tert-OH is 1. The molecule has 0 aromatic carbocycles. The lowest BCUT2D eigenvalue weighted by Crippen LogP contribution is -2.51. The van der Waals surface area contributed by atoms with E-state index < -0.39 is 30.2 Å². The lowest BCUT2D eigenvalue weighted by Gasteiger charge is -2.31. The fourth-order valence-electron chi connectivity index (χ4n) is 0.978. The van der Waals surface area contributed by atoms with E-state index in [0.29, 0.717) is 0 Å². The lowest BCUT2D eigenvalue weighted by atomic mass is 11.1. The molecule has 1 atom stereocenters. The smallest absolute Gasteiger partial charge is 0.377 e. The molecule has 0 aliphatic carbocycles. The highest BCUT2D eigenvalue weighted by molar-refractivity contribution is 6.59. The molecule has 0 saturated heterocycles. The van der Waals surface area contributed by atoms with Crippen LogP contribution in [0.2, 0.25) is 13.1 Å². The number of methoxy groups -OCH3 is 3. The molecule has 0 aromatic heterocycles. The first kappa shape index (κ1) is 26.2. The van der Waals surface area contributed by atoms with Gasteiger partial charge in [-0.15, -0.1) is 0 Å². The predicted molar refractivity (Wildman–Crippen MR) is 85.4 cm³/mol. The third-order valence-corrected chi connectivity index (χ3v) is 7.05. The Morgan fingerprint density at radius 1 is 0.750 bits per heavy atom. The van der Waals surface area contributed by atoms with Crippen LogP contribution in [0.5, 0.6) is 0 Å². The molecule has 0 rings (SSSR count). The van der Waals surface area contributed by atoms with Crippen molar-refractivity contribution in [3.63, 3.8) is 0 Å². The Morgan fingerprint density at radius 2 is 1.12 bits per heavy atom. The van der Waals surface area contributed by atoms with Crippen molar-refractivity contribution >= 4 is 17.6 Å². The molecule has 0 bridgehead atoms. The summed E-state index contributed by atoms with van der Waals surface area (Å²) in [6.45, 7) is 1.96. The van der Waals surface area contributed by atoms with Crippen LogP contribution in [0, 0.1) is 0 Å². The molecule has 0 aliphatic rings. The van der Waals surface area contributed by atoms with Gasteiger partial charge in [-0.05, 0) is 0 Å². The van der Waals surface area contributed by atoms with E-state index in [9.17, 15) is 5.11 Å². The van der Waals surface area contributed by atoms with Gasteiger partial charge in [-0.25, -0.2) is 0 Å². The molecule has 0 saturated carbocycles. The van der Waals surface area contributed by atoms with Crippen molar-refractivity contribution in [2.75, 3.05) is 49.8 Å². The van der Waals surface area contributed by atoms with Crippen molar-refractivity contribution in [3.05, 3.63) is 0 Å². The van der Waals surface area contributed by atoms with Crippen molar-refractivity contribution in [2.45, 2.75) is 25.7 Å². The van der Waals surface area contributed by atoms with Crippen LogP contribution in [-0.2, 0) is 40.8 Å². The van der Waals surface area contributed by atoms with Gasteiger partial charge in [0.25, 0.3) is 6.48 Å². The predicted octanol–water partition coefficient (Wildman–Crippen LogP) is -0.452. The van der Waals surface area contributed by atoms with Gasteiger partial charge in [0, 0.05) is 62.9 Å². The summed E-state index contributed by atoms with van der Waals surface area (Å²) in [4.78, 5) is 0. The highest BCUT2D eigenvalue weighted by Gasteiger charge is 2.44. The Hall–Kier alpha value is -0.00623. The quantitative estimate of drug-likeness (QED) is 0.350. The van der Waals surface area contributed by atoms with Crippen molar-refractivity contribution in [3.8, 4) is 0 Å². The molecule has 11 nitrogen and oxygen atoms in total. The monoisotopic (exact) mass is 394 g/mol. The van der Waals surface area contributed by atoms with Gasteiger partial charge in [0.15, 0.2) is 0 Å². The van der Waals surface area contributed by atoms with Crippen LogP contribution < -0.4 is 0 Å². The van der Waals surface area contributed by atoms with Crippen molar-refractivity contribution < 1.29 is 51.0 Å². The second-order valence-corrected chi connectivity index (χ2v) is 9.76. The number of hydrogen-bond acceptors (Lipinski definition) is 11. The van der Waals surface area contributed by atoms with Crippen LogP contribution in [0.3, 0.4) is 0 Å². The minimum atomic E-state index is -2.87. The molecule has 13 heteroatoms. The van der Waals surface area contributed by atoms with Gasteiger partial charge in [0.1, 0.15) is 0 Å². The van der Waals surface area contributed by atoms with E-state index in [1.165, 1.54) is 49.8 Å². The van der Waals surface area contributed by atoms with Crippen LogP contribution in [-0.4, -0.2) is 90.2 Å². The minimum absolute atomic E-state index is 1.24. The van der Waals surface area contributed by atoms with Crippen LogP contribution in [0.1, 0.15) is 0 Å². The van der Waals surface area contributed by atoms with E-state index in [1.54, 1.807) is 13.1 Å². The van der Waals surface area contributed by atoms with E-state index in [2.05, 4.69) is 14.2 Å². The molecular formula is C11H30O11Si2. The fraction of sp³-hybridized carbons (Fsp3) is 1.00. The topological polar surface area (TPSA) is 124 Å². The van der Waals surface area contributed by atoms with Gasteiger partial charge in [-0.1, -0.05) is 0 Å². The molecule has 0 amide bonds. The number of hydrogen-bond donors (Lipinski definition) is 2. The Morgan fingerprint density at radius 3 is 1.38 bits per heavy atom. The van der Waals surface area contributed by atoms with Gasteiger partial charge in [-0.3, -0.25) is 4.43 Å². The second kappa shape index (κ2) is 12.4. The van der Waals surface area contributed by atoms with Crippen LogP contribution in [0.4, 0.5) is 0 Å². The van der Waals surface area contributed by atoms with Crippen molar-refractivity contribution in [1.82, 2.24) is 0 Å². The second-order valence-electron chi connectivity index (χ2n) is 4.24. The Labute approximate surface area is 145 Å². The van der Waals surface area contributed by atoms with E-state index in [4.69, 9.17) is 31.7 Å². The molecule has 0 radical (unpaired) electrons. The molecule has 2 N–H and O–H groups in total.